The van der Waals surface area contributed by atoms with Gasteiger partial charge in [-0.15, -0.1) is 0 Å². The van der Waals surface area contributed by atoms with E-state index in [2.05, 4.69) is 12.0 Å². The van der Waals surface area contributed by atoms with Crippen molar-refractivity contribution in [1.82, 2.24) is 9.78 Å². The number of carbonyl (C=O) groups excluding carboxylic acids is 1. The molecule has 0 bridgehead atoms. The van der Waals surface area contributed by atoms with Crippen molar-refractivity contribution in [2.24, 2.45) is 0 Å². The molecule has 2 rings (SSSR count). The van der Waals surface area contributed by atoms with Crippen molar-refractivity contribution in [2.45, 2.75) is 20.3 Å². The molecule has 0 aliphatic heterocycles. The average molecular weight is 214 g/mol. The molecule has 1 aromatic heterocycles. The minimum atomic E-state index is 0.0845. The van der Waals surface area contributed by atoms with E-state index in [1.54, 1.807) is 6.92 Å². The molecule has 0 saturated heterocycles. The zero-order valence-electron chi connectivity index (χ0n) is 9.47. The maximum atomic E-state index is 11.1. The Bertz CT molecular complexity index is 497. The molecule has 0 fully saturated rings. The van der Waals surface area contributed by atoms with E-state index in [4.69, 9.17) is 0 Å². The van der Waals surface area contributed by atoms with Crippen LogP contribution in [0.1, 0.15) is 29.8 Å². The van der Waals surface area contributed by atoms with Gasteiger partial charge in [0, 0.05) is 11.8 Å². The summed E-state index contributed by atoms with van der Waals surface area (Å²) in [4.78, 5) is 11.1. The van der Waals surface area contributed by atoms with Gasteiger partial charge < -0.3 is 0 Å². The predicted molar refractivity (Wildman–Crippen MR) is 62.9 cm³/mol. The largest absolute Gasteiger partial charge is 0.295 e. The van der Waals surface area contributed by atoms with E-state index in [9.17, 15) is 4.79 Å². The van der Waals surface area contributed by atoms with Crippen molar-refractivity contribution >= 4 is 5.78 Å². The molecule has 0 amide bonds. The van der Waals surface area contributed by atoms with Crippen LogP contribution in [-0.4, -0.2) is 15.6 Å². The monoisotopic (exact) mass is 214 g/mol. The summed E-state index contributed by atoms with van der Waals surface area (Å²) >= 11 is 0. The average Bonchev–Trinajstić information content (AvgIpc) is 2.77. The second kappa shape index (κ2) is 4.31. The van der Waals surface area contributed by atoms with Gasteiger partial charge in [-0.1, -0.05) is 6.92 Å². The Hall–Kier alpha value is -1.90. The number of benzene rings is 1. The first kappa shape index (κ1) is 10.6. The smallest absolute Gasteiger partial charge is 0.159 e. The minimum Gasteiger partial charge on any atom is -0.295 e. The van der Waals surface area contributed by atoms with Crippen molar-refractivity contribution in [2.75, 3.05) is 0 Å². The third kappa shape index (κ3) is 2.03. The summed E-state index contributed by atoms with van der Waals surface area (Å²) in [5.74, 6) is 0.0845. The van der Waals surface area contributed by atoms with Gasteiger partial charge in [0.1, 0.15) is 0 Å². The summed E-state index contributed by atoms with van der Waals surface area (Å²) in [6, 6.07) is 7.46. The van der Waals surface area contributed by atoms with Crippen LogP contribution in [0.4, 0.5) is 0 Å². The number of Topliss-reactive ketones (excluding diaryl/α,β-unsaturated/α-hetero) is 1. The van der Waals surface area contributed by atoms with E-state index in [1.165, 1.54) is 5.56 Å². The Kier molecular flexibility index (Phi) is 2.86. The highest BCUT2D eigenvalue weighted by Gasteiger charge is 2.01. The molecule has 2 aromatic rings. The number of nitrogens with zero attached hydrogens (tertiary/aromatic N) is 2. The summed E-state index contributed by atoms with van der Waals surface area (Å²) < 4.78 is 1.82. The first-order chi connectivity index (χ1) is 7.70. The van der Waals surface area contributed by atoms with Crippen LogP contribution in [0, 0.1) is 0 Å². The third-order valence-corrected chi connectivity index (χ3v) is 2.58. The number of hydrogen-bond donors (Lipinski definition) is 0. The molecule has 1 aromatic carbocycles. The van der Waals surface area contributed by atoms with E-state index in [0.29, 0.717) is 0 Å². The molecule has 0 unspecified atom stereocenters. The Morgan fingerprint density at radius 2 is 2.00 bits per heavy atom. The predicted octanol–water partition coefficient (Wildman–Crippen LogP) is 2.64. The number of rotatable bonds is 3. The Labute approximate surface area is 94.7 Å². The molecule has 82 valence electrons. The van der Waals surface area contributed by atoms with Crippen LogP contribution < -0.4 is 0 Å². The van der Waals surface area contributed by atoms with E-state index in [0.717, 1.165) is 17.7 Å². The van der Waals surface area contributed by atoms with Crippen molar-refractivity contribution in [3.63, 3.8) is 0 Å². The van der Waals surface area contributed by atoms with Gasteiger partial charge in [0.05, 0.1) is 11.9 Å². The molecule has 1 heterocycles. The van der Waals surface area contributed by atoms with Gasteiger partial charge in [0.2, 0.25) is 0 Å². The Balaban J connectivity index is 2.30. The van der Waals surface area contributed by atoms with Crippen molar-refractivity contribution in [3.05, 3.63) is 47.8 Å². The van der Waals surface area contributed by atoms with Crippen molar-refractivity contribution < 1.29 is 4.79 Å². The second-order valence-electron chi connectivity index (χ2n) is 3.75. The van der Waals surface area contributed by atoms with Gasteiger partial charge in [0.15, 0.2) is 5.78 Å². The summed E-state index contributed by atoms with van der Waals surface area (Å²) in [5, 5.41) is 4.26. The zero-order valence-corrected chi connectivity index (χ0v) is 9.47. The molecule has 3 heteroatoms. The molecule has 0 radical (unpaired) electrons. The number of aryl methyl sites for hydroxylation is 1. The molecular weight excluding hydrogens is 200 g/mol. The maximum absolute atomic E-state index is 11.1. The van der Waals surface area contributed by atoms with E-state index < -0.39 is 0 Å². The van der Waals surface area contributed by atoms with Gasteiger partial charge >= 0.3 is 0 Å². The van der Waals surface area contributed by atoms with Crippen LogP contribution in [0.3, 0.4) is 0 Å². The number of aromatic nitrogens is 2. The summed E-state index contributed by atoms with van der Waals surface area (Å²) in [6.45, 7) is 3.66. The van der Waals surface area contributed by atoms with E-state index in [1.807, 2.05) is 41.3 Å². The second-order valence-corrected chi connectivity index (χ2v) is 3.75. The normalized spacial score (nSPS) is 10.4. The molecule has 0 aliphatic carbocycles. The number of hydrogen-bond acceptors (Lipinski definition) is 2. The molecular formula is C13H14N2O. The zero-order chi connectivity index (χ0) is 11.5. The quantitative estimate of drug-likeness (QED) is 0.736. The lowest BCUT2D eigenvalue weighted by Crippen LogP contribution is -1.96. The highest BCUT2D eigenvalue weighted by molar-refractivity contribution is 5.94. The lowest BCUT2D eigenvalue weighted by Gasteiger charge is -2.01. The van der Waals surface area contributed by atoms with Gasteiger partial charge in [-0.3, -0.25) is 4.79 Å². The van der Waals surface area contributed by atoms with Crippen LogP contribution in [0.15, 0.2) is 36.7 Å². The molecule has 0 saturated carbocycles. The number of ketones is 1. The highest BCUT2D eigenvalue weighted by atomic mass is 16.1. The topological polar surface area (TPSA) is 34.9 Å². The van der Waals surface area contributed by atoms with E-state index >= 15 is 0 Å². The molecule has 0 N–H and O–H groups in total. The summed E-state index contributed by atoms with van der Waals surface area (Å²) in [6.07, 6.45) is 4.84. The van der Waals surface area contributed by atoms with Crippen molar-refractivity contribution in [1.29, 1.82) is 0 Å². The lowest BCUT2D eigenvalue weighted by atomic mass is 10.1. The maximum Gasteiger partial charge on any atom is 0.159 e. The van der Waals surface area contributed by atoms with Gasteiger partial charge in [0.25, 0.3) is 0 Å². The lowest BCUT2D eigenvalue weighted by molar-refractivity contribution is 0.101. The fraction of sp³-hybridized carbons (Fsp3) is 0.231. The summed E-state index contributed by atoms with van der Waals surface area (Å²) in [7, 11) is 0. The van der Waals surface area contributed by atoms with Crippen LogP contribution in [0.5, 0.6) is 0 Å². The molecule has 3 nitrogen and oxygen atoms in total. The van der Waals surface area contributed by atoms with Crippen molar-refractivity contribution in [3.8, 4) is 5.69 Å². The van der Waals surface area contributed by atoms with E-state index in [-0.39, 0.29) is 5.78 Å². The van der Waals surface area contributed by atoms with Gasteiger partial charge in [-0.05, 0) is 43.2 Å². The fourth-order valence-corrected chi connectivity index (χ4v) is 1.53. The molecule has 16 heavy (non-hydrogen) atoms. The first-order valence-electron chi connectivity index (χ1n) is 5.35. The standard InChI is InChI=1S/C13H14N2O/c1-3-11-8-14-15(9-11)13-6-4-12(5-7-13)10(2)16/h4-9H,3H2,1-2H3. The Morgan fingerprint density at radius 1 is 1.31 bits per heavy atom. The van der Waals surface area contributed by atoms with Crippen LogP contribution in [0.25, 0.3) is 5.69 Å². The SMILES string of the molecule is CCc1cnn(-c2ccc(C(C)=O)cc2)c1. The third-order valence-electron chi connectivity index (χ3n) is 2.58. The first-order valence-corrected chi connectivity index (χ1v) is 5.35. The van der Waals surface area contributed by atoms with Crippen LogP contribution >= 0.6 is 0 Å². The van der Waals surface area contributed by atoms with Crippen LogP contribution in [0.2, 0.25) is 0 Å². The fourth-order valence-electron chi connectivity index (χ4n) is 1.53. The van der Waals surface area contributed by atoms with Gasteiger partial charge in [-0.2, -0.15) is 5.10 Å². The molecule has 0 atom stereocenters. The highest BCUT2D eigenvalue weighted by Crippen LogP contribution is 2.10. The number of carbonyl (C=O) groups is 1. The minimum absolute atomic E-state index is 0.0845. The Morgan fingerprint density at radius 3 is 2.50 bits per heavy atom. The molecule has 0 aliphatic rings. The summed E-state index contributed by atoms with van der Waals surface area (Å²) in [5.41, 5.74) is 2.91. The van der Waals surface area contributed by atoms with Gasteiger partial charge in [-0.25, -0.2) is 4.68 Å². The molecule has 0 spiro atoms. The van der Waals surface area contributed by atoms with Crippen LogP contribution in [-0.2, 0) is 6.42 Å².